The third-order valence-electron chi connectivity index (χ3n) is 1.81. The van der Waals surface area contributed by atoms with E-state index in [9.17, 15) is 0 Å². The van der Waals surface area contributed by atoms with Gasteiger partial charge >= 0.3 is 0 Å². The molecule has 0 fully saturated rings. The number of hydrogen-bond acceptors (Lipinski definition) is 1. The summed E-state index contributed by atoms with van der Waals surface area (Å²) in [6.07, 6.45) is 2.09. The lowest BCUT2D eigenvalue weighted by molar-refractivity contribution is 0.842. The summed E-state index contributed by atoms with van der Waals surface area (Å²) in [5.41, 5.74) is 1.34. The van der Waals surface area contributed by atoms with E-state index in [4.69, 9.17) is 11.6 Å². The van der Waals surface area contributed by atoms with Crippen LogP contribution in [0, 0.1) is 0 Å². The zero-order valence-electron chi connectivity index (χ0n) is 7.60. The van der Waals surface area contributed by atoms with Crippen LogP contribution in [0.4, 0.5) is 0 Å². The summed E-state index contributed by atoms with van der Waals surface area (Å²) in [5, 5.41) is 0.830. The minimum atomic E-state index is 0.547. The number of halogens is 1. The number of thioether (sulfide) groups is 1. The zero-order valence-corrected chi connectivity index (χ0v) is 9.17. The summed E-state index contributed by atoms with van der Waals surface area (Å²) in [4.78, 5) is 1.33. The van der Waals surface area contributed by atoms with Gasteiger partial charge in [0.15, 0.2) is 0 Å². The summed E-state index contributed by atoms with van der Waals surface area (Å²) in [5.74, 6) is 0.547. The van der Waals surface area contributed by atoms with E-state index >= 15 is 0 Å². The Hall–Kier alpha value is -0.140. The molecule has 0 aliphatic rings. The molecule has 0 saturated carbocycles. The average molecular weight is 201 g/mol. The van der Waals surface area contributed by atoms with Gasteiger partial charge in [-0.2, -0.15) is 0 Å². The lowest BCUT2D eigenvalue weighted by atomic mass is 10.0. The van der Waals surface area contributed by atoms with Crippen molar-refractivity contribution >= 4 is 23.4 Å². The Balaban J connectivity index is 3.12. The SMILES string of the molecule is CSc1ccc(Cl)cc1C(C)C. The van der Waals surface area contributed by atoms with Crippen molar-refractivity contribution in [3.05, 3.63) is 28.8 Å². The maximum atomic E-state index is 5.91. The quantitative estimate of drug-likeness (QED) is 0.646. The molecule has 0 heterocycles. The molecular formula is C10H13ClS. The molecule has 0 atom stereocenters. The molecule has 1 aromatic carbocycles. The van der Waals surface area contributed by atoms with Gasteiger partial charge in [-0.1, -0.05) is 25.4 Å². The van der Waals surface area contributed by atoms with Crippen molar-refractivity contribution in [2.75, 3.05) is 6.26 Å². The van der Waals surface area contributed by atoms with Crippen LogP contribution in [0.2, 0.25) is 5.02 Å². The summed E-state index contributed by atoms with van der Waals surface area (Å²) >= 11 is 7.68. The van der Waals surface area contributed by atoms with Gasteiger partial charge in [0.2, 0.25) is 0 Å². The topological polar surface area (TPSA) is 0 Å². The van der Waals surface area contributed by atoms with Gasteiger partial charge in [-0.15, -0.1) is 11.8 Å². The highest BCUT2D eigenvalue weighted by molar-refractivity contribution is 7.98. The summed E-state index contributed by atoms with van der Waals surface area (Å²) < 4.78 is 0. The molecule has 0 nitrogen and oxygen atoms in total. The molecule has 0 unspecified atom stereocenters. The normalized spacial score (nSPS) is 10.8. The van der Waals surface area contributed by atoms with Gasteiger partial charge in [0.1, 0.15) is 0 Å². The van der Waals surface area contributed by atoms with Crippen LogP contribution in [0.5, 0.6) is 0 Å². The summed E-state index contributed by atoms with van der Waals surface area (Å²) in [7, 11) is 0. The molecule has 0 aliphatic carbocycles. The van der Waals surface area contributed by atoms with Crippen LogP contribution in [0.15, 0.2) is 23.1 Å². The van der Waals surface area contributed by atoms with E-state index in [1.165, 1.54) is 10.5 Å². The van der Waals surface area contributed by atoms with Gasteiger partial charge in [-0.05, 0) is 35.9 Å². The fraction of sp³-hybridized carbons (Fsp3) is 0.400. The first-order chi connectivity index (χ1) is 5.65. The first kappa shape index (κ1) is 9.94. The van der Waals surface area contributed by atoms with E-state index in [0.29, 0.717) is 5.92 Å². The predicted octanol–water partition coefficient (Wildman–Crippen LogP) is 4.19. The van der Waals surface area contributed by atoms with E-state index in [2.05, 4.69) is 32.2 Å². The van der Waals surface area contributed by atoms with Crippen molar-refractivity contribution in [2.45, 2.75) is 24.7 Å². The standard InChI is InChI=1S/C10H13ClS/c1-7(2)9-6-8(11)4-5-10(9)12-3/h4-7H,1-3H3. The summed E-state index contributed by atoms with van der Waals surface area (Å²) in [6.45, 7) is 4.37. The van der Waals surface area contributed by atoms with Gasteiger partial charge in [0, 0.05) is 9.92 Å². The lowest BCUT2D eigenvalue weighted by Gasteiger charge is -2.10. The molecule has 0 amide bonds. The van der Waals surface area contributed by atoms with Gasteiger partial charge in [0.05, 0.1) is 0 Å². The van der Waals surface area contributed by atoms with E-state index in [-0.39, 0.29) is 0 Å². The van der Waals surface area contributed by atoms with Crippen LogP contribution >= 0.6 is 23.4 Å². The fourth-order valence-corrected chi connectivity index (χ4v) is 2.07. The van der Waals surface area contributed by atoms with Crippen LogP contribution in [0.1, 0.15) is 25.3 Å². The van der Waals surface area contributed by atoms with E-state index in [1.54, 1.807) is 11.8 Å². The molecular weight excluding hydrogens is 188 g/mol. The van der Waals surface area contributed by atoms with Crippen molar-refractivity contribution in [1.82, 2.24) is 0 Å². The molecule has 0 aliphatic heterocycles. The van der Waals surface area contributed by atoms with Crippen LogP contribution in [0.25, 0.3) is 0 Å². The maximum Gasteiger partial charge on any atom is 0.0409 e. The highest BCUT2D eigenvalue weighted by Crippen LogP contribution is 2.29. The van der Waals surface area contributed by atoms with E-state index in [0.717, 1.165) is 5.02 Å². The second-order valence-electron chi connectivity index (χ2n) is 3.04. The molecule has 12 heavy (non-hydrogen) atoms. The summed E-state index contributed by atoms with van der Waals surface area (Å²) in [6, 6.07) is 6.08. The molecule has 0 aromatic heterocycles. The Labute approximate surface area is 83.3 Å². The van der Waals surface area contributed by atoms with E-state index in [1.807, 2.05) is 6.07 Å². The molecule has 0 saturated heterocycles. The smallest absolute Gasteiger partial charge is 0.0409 e. The third kappa shape index (κ3) is 2.18. The second-order valence-corrected chi connectivity index (χ2v) is 4.33. The minimum absolute atomic E-state index is 0.547. The molecule has 66 valence electrons. The molecule has 1 aromatic rings. The van der Waals surface area contributed by atoms with Crippen molar-refractivity contribution in [3.63, 3.8) is 0 Å². The lowest BCUT2D eigenvalue weighted by Crippen LogP contribution is -1.89. The first-order valence-electron chi connectivity index (χ1n) is 3.98. The van der Waals surface area contributed by atoms with Gasteiger partial charge in [-0.25, -0.2) is 0 Å². The van der Waals surface area contributed by atoms with Gasteiger partial charge in [0.25, 0.3) is 0 Å². The largest absolute Gasteiger partial charge is 0.129 e. The zero-order chi connectivity index (χ0) is 9.14. The number of rotatable bonds is 2. The van der Waals surface area contributed by atoms with Gasteiger partial charge < -0.3 is 0 Å². The number of hydrogen-bond donors (Lipinski definition) is 0. The molecule has 0 radical (unpaired) electrons. The van der Waals surface area contributed by atoms with Crippen LogP contribution < -0.4 is 0 Å². The Morgan fingerprint density at radius 1 is 1.33 bits per heavy atom. The third-order valence-corrected chi connectivity index (χ3v) is 2.86. The van der Waals surface area contributed by atoms with Crippen molar-refractivity contribution in [1.29, 1.82) is 0 Å². The van der Waals surface area contributed by atoms with Crippen LogP contribution in [0.3, 0.4) is 0 Å². The number of benzene rings is 1. The highest BCUT2D eigenvalue weighted by atomic mass is 35.5. The van der Waals surface area contributed by atoms with E-state index < -0.39 is 0 Å². The Kier molecular flexibility index (Phi) is 3.48. The molecule has 0 spiro atoms. The van der Waals surface area contributed by atoms with Crippen LogP contribution in [-0.2, 0) is 0 Å². The monoisotopic (exact) mass is 200 g/mol. The fourth-order valence-electron chi connectivity index (χ4n) is 1.16. The minimum Gasteiger partial charge on any atom is -0.129 e. The maximum absolute atomic E-state index is 5.91. The Morgan fingerprint density at radius 2 is 2.00 bits per heavy atom. The Bertz CT molecular complexity index is 269. The molecule has 2 heteroatoms. The van der Waals surface area contributed by atoms with Gasteiger partial charge in [-0.3, -0.25) is 0 Å². The highest BCUT2D eigenvalue weighted by Gasteiger charge is 2.05. The van der Waals surface area contributed by atoms with Crippen molar-refractivity contribution < 1.29 is 0 Å². The average Bonchev–Trinajstić information content (AvgIpc) is 2.04. The van der Waals surface area contributed by atoms with Crippen LogP contribution in [-0.4, -0.2) is 6.26 Å². The Morgan fingerprint density at radius 3 is 2.50 bits per heavy atom. The van der Waals surface area contributed by atoms with Crippen molar-refractivity contribution in [2.24, 2.45) is 0 Å². The molecule has 0 bridgehead atoms. The second kappa shape index (κ2) is 4.20. The molecule has 0 N–H and O–H groups in total. The predicted molar refractivity (Wildman–Crippen MR) is 57.3 cm³/mol. The molecule has 1 rings (SSSR count). The van der Waals surface area contributed by atoms with Crippen molar-refractivity contribution in [3.8, 4) is 0 Å². The first-order valence-corrected chi connectivity index (χ1v) is 5.59.